The third-order valence-electron chi connectivity index (χ3n) is 3.49. The molecule has 1 amide bonds. The van der Waals surface area contributed by atoms with Crippen molar-refractivity contribution >= 4 is 23.2 Å². The van der Waals surface area contributed by atoms with Gasteiger partial charge in [0, 0.05) is 38.2 Å². The molecule has 0 radical (unpaired) electrons. The van der Waals surface area contributed by atoms with Crippen LogP contribution in [0.1, 0.15) is 6.42 Å². The van der Waals surface area contributed by atoms with E-state index in [4.69, 9.17) is 25.8 Å². The Morgan fingerprint density at radius 2 is 1.95 bits per heavy atom. The molecule has 1 heterocycles. The summed E-state index contributed by atoms with van der Waals surface area (Å²) in [4.78, 5) is 13.9. The molecule has 0 spiro atoms. The summed E-state index contributed by atoms with van der Waals surface area (Å²) in [6.45, 7) is 3.06. The van der Waals surface area contributed by atoms with E-state index in [1.54, 1.807) is 26.4 Å². The number of benzene rings is 1. The van der Waals surface area contributed by atoms with Crippen LogP contribution in [0.2, 0.25) is 5.02 Å². The van der Waals surface area contributed by atoms with Gasteiger partial charge < -0.3 is 24.4 Å². The van der Waals surface area contributed by atoms with Crippen molar-refractivity contribution < 1.29 is 19.0 Å². The van der Waals surface area contributed by atoms with Crippen molar-refractivity contribution in [2.75, 3.05) is 52.4 Å². The predicted molar refractivity (Wildman–Crippen MR) is 85.1 cm³/mol. The van der Waals surface area contributed by atoms with Crippen LogP contribution < -0.4 is 14.8 Å². The highest BCUT2D eigenvalue weighted by molar-refractivity contribution is 6.32. The van der Waals surface area contributed by atoms with Gasteiger partial charge in [-0.1, -0.05) is 11.6 Å². The van der Waals surface area contributed by atoms with Crippen LogP contribution in [0.3, 0.4) is 0 Å². The number of nitrogens with one attached hydrogen (secondary N) is 1. The van der Waals surface area contributed by atoms with Crippen LogP contribution in [0, 0.1) is 0 Å². The minimum Gasteiger partial charge on any atom is -0.495 e. The third-order valence-corrected chi connectivity index (χ3v) is 3.79. The van der Waals surface area contributed by atoms with Crippen LogP contribution in [0.5, 0.6) is 11.5 Å². The smallest absolute Gasteiger partial charge is 0.224 e. The van der Waals surface area contributed by atoms with E-state index in [9.17, 15) is 4.79 Å². The van der Waals surface area contributed by atoms with Gasteiger partial charge in [-0.25, -0.2) is 0 Å². The van der Waals surface area contributed by atoms with Crippen molar-refractivity contribution in [2.45, 2.75) is 6.42 Å². The van der Waals surface area contributed by atoms with E-state index < -0.39 is 0 Å². The number of hydrogen-bond donors (Lipinski definition) is 1. The molecule has 1 N–H and O–H groups in total. The molecule has 0 unspecified atom stereocenters. The van der Waals surface area contributed by atoms with Crippen LogP contribution in [0.25, 0.3) is 0 Å². The molecule has 6 nitrogen and oxygen atoms in total. The Morgan fingerprint density at radius 1 is 1.27 bits per heavy atom. The molecule has 0 saturated carbocycles. The number of methoxy groups -OCH3 is 2. The zero-order chi connectivity index (χ0) is 15.9. The van der Waals surface area contributed by atoms with Gasteiger partial charge in [-0.3, -0.25) is 4.79 Å². The second kappa shape index (κ2) is 8.10. The van der Waals surface area contributed by atoms with E-state index in [1.165, 1.54) is 0 Å². The van der Waals surface area contributed by atoms with Crippen molar-refractivity contribution in [1.82, 2.24) is 4.90 Å². The highest BCUT2D eigenvalue weighted by Gasteiger charge is 2.16. The lowest BCUT2D eigenvalue weighted by Crippen LogP contribution is -2.41. The number of morpholine rings is 1. The van der Waals surface area contributed by atoms with Crippen LogP contribution >= 0.6 is 11.6 Å². The Morgan fingerprint density at radius 3 is 2.59 bits per heavy atom. The van der Waals surface area contributed by atoms with Gasteiger partial charge in [0.05, 0.1) is 38.1 Å². The van der Waals surface area contributed by atoms with Gasteiger partial charge in [0.2, 0.25) is 5.91 Å². The van der Waals surface area contributed by atoms with Crippen LogP contribution in [0.4, 0.5) is 5.69 Å². The van der Waals surface area contributed by atoms with Crippen molar-refractivity contribution in [3.05, 3.63) is 17.2 Å². The number of hydrogen-bond acceptors (Lipinski definition) is 5. The number of anilines is 1. The fourth-order valence-electron chi connectivity index (χ4n) is 2.27. The lowest BCUT2D eigenvalue weighted by atomic mass is 10.2. The minimum absolute atomic E-state index is 0.121. The summed E-state index contributed by atoms with van der Waals surface area (Å²) in [5, 5.41) is 3.67. The highest BCUT2D eigenvalue weighted by atomic mass is 35.5. The fraction of sp³-hybridized carbons (Fsp3) is 0.533. The summed E-state index contributed by atoms with van der Waals surface area (Å²) in [6, 6.07) is 3.45. The summed E-state index contributed by atoms with van der Waals surface area (Å²) >= 11 is 6.06. The zero-order valence-electron chi connectivity index (χ0n) is 12.9. The van der Waals surface area contributed by atoms with E-state index in [1.807, 2.05) is 4.90 Å². The van der Waals surface area contributed by atoms with Gasteiger partial charge in [0.25, 0.3) is 0 Å². The first-order valence-electron chi connectivity index (χ1n) is 7.16. The van der Waals surface area contributed by atoms with Gasteiger partial charge in [-0.05, 0) is 0 Å². The molecule has 2 rings (SSSR count). The first kappa shape index (κ1) is 16.7. The first-order valence-corrected chi connectivity index (χ1v) is 7.54. The van der Waals surface area contributed by atoms with Crippen LogP contribution in [0.15, 0.2) is 12.1 Å². The third kappa shape index (κ3) is 4.18. The van der Waals surface area contributed by atoms with Gasteiger partial charge in [-0.15, -0.1) is 0 Å². The monoisotopic (exact) mass is 328 g/mol. The molecule has 0 aromatic heterocycles. The number of carbonyl (C=O) groups excluding carboxylic acids is 1. The van der Waals surface area contributed by atoms with Crippen molar-refractivity contribution in [3.8, 4) is 11.5 Å². The first-order chi connectivity index (χ1) is 10.7. The maximum absolute atomic E-state index is 12.1. The number of amides is 1. The number of ether oxygens (including phenoxy) is 3. The molecule has 1 saturated heterocycles. The second-order valence-electron chi connectivity index (χ2n) is 4.86. The molecular formula is C15H21ClN2O4. The van der Waals surface area contributed by atoms with E-state index in [0.29, 0.717) is 55.8 Å². The minimum atomic E-state index is 0.121. The van der Waals surface area contributed by atoms with E-state index in [0.717, 1.165) is 5.69 Å². The highest BCUT2D eigenvalue weighted by Crippen LogP contribution is 2.35. The summed E-state index contributed by atoms with van der Waals surface area (Å²) in [6.07, 6.45) is 0.411. The maximum Gasteiger partial charge on any atom is 0.224 e. The standard InChI is InChI=1S/C15H21ClN2O4/c1-20-13-10-12(14(21-2)9-11(13)16)17-4-3-15(19)18-5-7-22-8-6-18/h9-10,17H,3-8H2,1-2H3. The molecule has 1 aliphatic rings. The summed E-state index contributed by atoms with van der Waals surface area (Å²) in [5.41, 5.74) is 0.749. The van der Waals surface area contributed by atoms with Crippen molar-refractivity contribution in [3.63, 3.8) is 0 Å². The molecule has 122 valence electrons. The van der Waals surface area contributed by atoms with Crippen LogP contribution in [-0.2, 0) is 9.53 Å². The fourth-order valence-corrected chi connectivity index (χ4v) is 2.50. The van der Waals surface area contributed by atoms with E-state index in [2.05, 4.69) is 5.32 Å². The zero-order valence-corrected chi connectivity index (χ0v) is 13.6. The Kier molecular flexibility index (Phi) is 6.15. The van der Waals surface area contributed by atoms with Gasteiger partial charge in [0.1, 0.15) is 11.5 Å². The maximum atomic E-state index is 12.1. The number of carbonyl (C=O) groups is 1. The summed E-state index contributed by atoms with van der Waals surface area (Å²) in [7, 11) is 3.13. The lowest BCUT2D eigenvalue weighted by molar-refractivity contribution is -0.134. The van der Waals surface area contributed by atoms with Crippen molar-refractivity contribution in [2.24, 2.45) is 0 Å². The number of rotatable bonds is 6. The SMILES string of the molecule is COc1cc(NCCC(=O)N2CCOCC2)c(OC)cc1Cl. The molecule has 22 heavy (non-hydrogen) atoms. The predicted octanol–water partition coefficient (Wildman–Crippen LogP) is 2.02. The molecule has 0 bridgehead atoms. The molecule has 1 fully saturated rings. The van der Waals surface area contributed by atoms with E-state index >= 15 is 0 Å². The van der Waals surface area contributed by atoms with Gasteiger partial charge in [0.15, 0.2) is 0 Å². The molecule has 1 aromatic carbocycles. The number of nitrogens with zero attached hydrogens (tertiary/aromatic N) is 1. The molecule has 0 atom stereocenters. The summed E-state index contributed by atoms with van der Waals surface area (Å²) in [5.74, 6) is 1.30. The largest absolute Gasteiger partial charge is 0.495 e. The quantitative estimate of drug-likeness (QED) is 0.865. The molecule has 7 heteroatoms. The Balaban J connectivity index is 1.91. The summed E-state index contributed by atoms with van der Waals surface area (Å²) < 4.78 is 15.7. The van der Waals surface area contributed by atoms with Gasteiger partial charge >= 0.3 is 0 Å². The topological polar surface area (TPSA) is 60.0 Å². The molecule has 0 aliphatic carbocycles. The Bertz CT molecular complexity index is 519. The molecule has 1 aromatic rings. The lowest BCUT2D eigenvalue weighted by Gasteiger charge is -2.27. The average molecular weight is 329 g/mol. The molecule has 1 aliphatic heterocycles. The van der Waals surface area contributed by atoms with Gasteiger partial charge in [-0.2, -0.15) is 0 Å². The number of halogens is 1. The Hall–Kier alpha value is -1.66. The average Bonchev–Trinajstić information content (AvgIpc) is 2.56. The normalized spacial score (nSPS) is 14.6. The van der Waals surface area contributed by atoms with Crippen LogP contribution in [-0.4, -0.2) is 57.9 Å². The Labute approximate surface area is 135 Å². The van der Waals surface area contributed by atoms with Crippen molar-refractivity contribution in [1.29, 1.82) is 0 Å². The second-order valence-corrected chi connectivity index (χ2v) is 5.26. The molecular weight excluding hydrogens is 308 g/mol. The van der Waals surface area contributed by atoms with E-state index in [-0.39, 0.29) is 5.91 Å².